The predicted molar refractivity (Wildman–Crippen MR) is 150 cm³/mol. The van der Waals surface area contributed by atoms with Crippen LogP contribution in [0.4, 0.5) is 0 Å². The number of fused-ring (bicyclic) bond motifs is 1. The van der Waals surface area contributed by atoms with E-state index in [2.05, 4.69) is 51.3 Å². The zero-order chi connectivity index (χ0) is 26.4. The Kier molecular flexibility index (Phi) is 9.04. The number of hydrogen-bond acceptors (Lipinski definition) is 4. The van der Waals surface area contributed by atoms with Gasteiger partial charge in [-0.05, 0) is 71.5 Å². The summed E-state index contributed by atoms with van der Waals surface area (Å²) in [5.74, 6) is 1.57. The monoisotopic (exact) mass is 518 g/mol. The molecule has 0 saturated carbocycles. The van der Waals surface area contributed by atoms with Crippen molar-refractivity contribution in [3.63, 3.8) is 0 Å². The maximum Gasteiger partial charge on any atom is 0.254 e. The van der Waals surface area contributed by atoms with E-state index in [9.17, 15) is 9.59 Å². The smallest absolute Gasteiger partial charge is 0.254 e. The summed E-state index contributed by atoms with van der Waals surface area (Å²) >= 11 is 1.74. The highest BCUT2D eigenvalue weighted by Gasteiger charge is 2.33. The number of ether oxygens (including phenoxy) is 1. The first kappa shape index (κ1) is 26.9. The largest absolute Gasteiger partial charge is 0.491 e. The van der Waals surface area contributed by atoms with Gasteiger partial charge in [0.25, 0.3) is 5.91 Å². The van der Waals surface area contributed by atoms with Crippen LogP contribution in [-0.4, -0.2) is 47.9 Å². The molecule has 0 fully saturated rings. The summed E-state index contributed by atoms with van der Waals surface area (Å²) in [6.45, 7) is 10.3. The molecule has 0 bridgehead atoms. The number of benzene rings is 2. The Morgan fingerprint density at radius 1 is 1.03 bits per heavy atom. The van der Waals surface area contributed by atoms with Gasteiger partial charge in [-0.3, -0.25) is 9.59 Å². The summed E-state index contributed by atoms with van der Waals surface area (Å²) in [6.07, 6.45) is 1.68. The van der Waals surface area contributed by atoms with E-state index in [1.165, 1.54) is 10.4 Å². The second-order valence-corrected chi connectivity index (χ2v) is 11.5. The molecule has 6 heteroatoms. The normalized spacial score (nSPS) is 15.1. The molecule has 0 N–H and O–H groups in total. The molecule has 1 aromatic heterocycles. The quantitative estimate of drug-likeness (QED) is 0.305. The van der Waals surface area contributed by atoms with Gasteiger partial charge in [-0.25, -0.2) is 0 Å². The highest BCUT2D eigenvalue weighted by atomic mass is 32.1. The van der Waals surface area contributed by atoms with E-state index in [1.807, 2.05) is 47.4 Å². The second kappa shape index (κ2) is 12.4. The maximum atomic E-state index is 13.7. The van der Waals surface area contributed by atoms with Gasteiger partial charge in [0, 0.05) is 23.5 Å². The molecule has 4 rings (SSSR count). The van der Waals surface area contributed by atoms with E-state index in [1.54, 1.807) is 16.2 Å². The van der Waals surface area contributed by atoms with Gasteiger partial charge in [-0.2, -0.15) is 0 Å². The molecule has 0 unspecified atom stereocenters. The molecule has 1 atom stereocenters. The molecule has 0 radical (unpaired) electrons. The molecular weight excluding hydrogens is 480 g/mol. The van der Waals surface area contributed by atoms with Gasteiger partial charge in [-0.15, -0.1) is 11.3 Å². The number of nitrogens with zero attached hydrogens (tertiary/aromatic N) is 2. The molecule has 0 aliphatic carbocycles. The molecule has 3 aromatic rings. The first-order valence-corrected chi connectivity index (χ1v) is 14.1. The van der Waals surface area contributed by atoms with Crippen LogP contribution in [0, 0.1) is 5.92 Å². The topological polar surface area (TPSA) is 49.9 Å². The zero-order valence-corrected chi connectivity index (χ0v) is 23.2. The first-order chi connectivity index (χ1) is 17.8. The lowest BCUT2D eigenvalue weighted by molar-refractivity contribution is -0.135. The highest BCUT2D eigenvalue weighted by molar-refractivity contribution is 7.10. The van der Waals surface area contributed by atoms with Gasteiger partial charge in [0.2, 0.25) is 5.91 Å². The number of hydrogen-bond donors (Lipinski definition) is 0. The fraction of sp³-hybridized carbons (Fsp3) is 0.419. The summed E-state index contributed by atoms with van der Waals surface area (Å²) in [4.78, 5) is 32.0. The Labute approximate surface area is 225 Å². The molecule has 5 nitrogen and oxygen atoms in total. The molecule has 37 heavy (non-hydrogen) atoms. The third kappa shape index (κ3) is 6.80. The van der Waals surface area contributed by atoms with E-state index < -0.39 is 0 Å². The third-order valence-corrected chi connectivity index (χ3v) is 7.98. The van der Waals surface area contributed by atoms with Crippen LogP contribution in [0.1, 0.15) is 72.4 Å². The third-order valence-electron chi connectivity index (χ3n) is 6.98. The van der Waals surface area contributed by atoms with E-state index >= 15 is 0 Å². The van der Waals surface area contributed by atoms with Crippen LogP contribution in [0.25, 0.3) is 0 Å². The Hall–Kier alpha value is -3.12. The minimum absolute atomic E-state index is 0.0337. The lowest BCUT2D eigenvalue weighted by Crippen LogP contribution is -2.48. The number of rotatable bonds is 10. The number of thiophene rings is 1. The average molecular weight is 519 g/mol. The van der Waals surface area contributed by atoms with E-state index in [-0.39, 0.29) is 24.4 Å². The minimum atomic E-state index is -0.175. The predicted octanol–water partition coefficient (Wildman–Crippen LogP) is 6.56. The van der Waals surface area contributed by atoms with Crippen LogP contribution in [-0.2, 0) is 11.2 Å². The van der Waals surface area contributed by atoms with Gasteiger partial charge in [0.05, 0.1) is 6.04 Å². The van der Waals surface area contributed by atoms with E-state index in [4.69, 9.17) is 4.74 Å². The average Bonchev–Trinajstić information content (AvgIpc) is 3.39. The minimum Gasteiger partial charge on any atom is -0.491 e. The number of carbonyl (C=O) groups is 2. The van der Waals surface area contributed by atoms with Gasteiger partial charge in [0.1, 0.15) is 18.9 Å². The van der Waals surface area contributed by atoms with Crippen LogP contribution < -0.4 is 4.74 Å². The van der Waals surface area contributed by atoms with Crippen molar-refractivity contribution in [2.24, 2.45) is 5.92 Å². The maximum absolute atomic E-state index is 13.7. The van der Waals surface area contributed by atoms with Gasteiger partial charge in [0.15, 0.2) is 0 Å². The van der Waals surface area contributed by atoms with Crippen molar-refractivity contribution in [3.8, 4) is 5.75 Å². The fourth-order valence-corrected chi connectivity index (χ4v) is 5.61. The SMILES string of the molecule is CC(C)CCN(CC(=O)N1CCc2sccc2[C@@H]1COc1ccc(C(C)C)cc1)C(=O)c1ccccc1. The lowest BCUT2D eigenvalue weighted by atomic mass is 10.00. The summed E-state index contributed by atoms with van der Waals surface area (Å²) in [5.41, 5.74) is 3.04. The van der Waals surface area contributed by atoms with E-state index in [0.29, 0.717) is 37.1 Å². The molecule has 1 aliphatic heterocycles. The molecule has 2 amide bonds. The van der Waals surface area contributed by atoms with Crippen molar-refractivity contribution < 1.29 is 14.3 Å². The van der Waals surface area contributed by atoms with Crippen LogP contribution in [0.5, 0.6) is 5.75 Å². The first-order valence-electron chi connectivity index (χ1n) is 13.3. The standard InChI is InChI=1S/C31H38N2O3S/c1-22(2)14-17-32(31(35)25-8-6-5-7-9-25)20-30(34)33-18-15-29-27(16-19-37-29)28(33)21-36-26-12-10-24(11-13-26)23(3)4/h5-13,16,19,22-23,28H,14-15,17-18,20-21H2,1-4H3/t28-/m0/s1. The molecule has 2 aromatic carbocycles. The van der Waals surface area contributed by atoms with Crippen molar-refractivity contribution in [3.05, 3.63) is 87.6 Å². The van der Waals surface area contributed by atoms with Crippen LogP contribution in [0.3, 0.4) is 0 Å². The zero-order valence-electron chi connectivity index (χ0n) is 22.4. The molecular formula is C31H38N2O3S. The van der Waals surface area contributed by atoms with Crippen LogP contribution in [0.15, 0.2) is 66.0 Å². The molecule has 0 spiro atoms. The fourth-order valence-electron chi connectivity index (χ4n) is 4.68. The number of amides is 2. The molecule has 0 saturated heterocycles. The number of carbonyl (C=O) groups excluding carboxylic acids is 2. The van der Waals surface area contributed by atoms with E-state index in [0.717, 1.165) is 24.2 Å². The molecule has 2 heterocycles. The summed E-state index contributed by atoms with van der Waals surface area (Å²) in [6, 6.07) is 19.4. The Morgan fingerprint density at radius 2 is 1.76 bits per heavy atom. The Morgan fingerprint density at radius 3 is 2.43 bits per heavy atom. The van der Waals surface area contributed by atoms with Crippen molar-refractivity contribution in [1.82, 2.24) is 9.80 Å². The van der Waals surface area contributed by atoms with Gasteiger partial charge >= 0.3 is 0 Å². The lowest BCUT2D eigenvalue weighted by Gasteiger charge is -2.37. The van der Waals surface area contributed by atoms with Crippen LogP contribution in [0.2, 0.25) is 0 Å². The molecule has 196 valence electrons. The Bertz CT molecular complexity index is 1170. The summed E-state index contributed by atoms with van der Waals surface area (Å²) in [5, 5.41) is 2.09. The molecule has 1 aliphatic rings. The Balaban J connectivity index is 1.51. The van der Waals surface area contributed by atoms with Crippen molar-refractivity contribution in [1.29, 1.82) is 0 Å². The van der Waals surface area contributed by atoms with Crippen molar-refractivity contribution >= 4 is 23.2 Å². The van der Waals surface area contributed by atoms with Crippen molar-refractivity contribution in [2.75, 3.05) is 26.2 Å². The van der Waals surface area contributed by atoms with Gasteiger partial charge < -0.3 is 14.5 Å². The second-order valence-electron chi connectivity index (χ2n) is 10.5. The summed E-state index contributed by atoms with van der Waals surface area (Å²) in [7, 11) is 0. The van der Waals surface area contributed by atoms with Gasteiger partial charge in [-0.1, -0.05) is 58.0 Å². The summed E-state index contributed by atoms with van der Waals surface area (Å²) < 4.78 is 6.22. The van der Waals surface area contributed by atoms with Crippen LogP contribution >= 0.6 is 11.3 Å². The van der Waals surface area contributed by atoms with Crippen molar-refractivity contribution in [2.45, 2.75) is 52.5 Å². The highest BCUT2D eigenvalue weighted by Crippen LogP contribution is 2.34.